The normalized spacial score (nSPS) is 12.6. The number of benzene rings is 1. The van der Waals surface area contributed by atoms with Crippen molar-refractivity contribution in [3.05, 3.63) is 51.1 Å². The molecule has 0 spiro atoms. The first kappa shape index (κ1) is 12.2. The zero-order chi connectivity index (χ0) is 11.4. The molecule has 0 saturated heterocycles. The molecule has 0 aliphatic heterocycles. The van der Waals surface area contributed by atoms with Crippen LogP contribution in [-0.4, -0.2) is 10.9 Å². The van der Waals surface area contributed by atoms with E-state index in [9.17, 15) is 5.11 Å². The Morgan fingerprint density at radius 1 is 1.31 bits per heavy atom. The maximum Gasteiger partial charge on any atom is 0.0975 e. The van der Waals surface area contributed by atoms with Gasteiger partial charge >= 0.3 is 0 Å². The molecule has 1 N–H and O–H groups in total. The minimum Gasteiger partial charge on any atom is -0.387 e. The van der Waals surface area contributed by atoms with Crippen LogP contribution in [0.4, 0.5) is 0 Å². The van der Waals surface area contributed by atoms with Gasteiger partial charge in [-0.15, -0.1) is 23.1 Å². The van der Waals surface area contributed by atoms with E-state index in [0.29, 0.717) is 5.75 Å². The summed E-state index contributed by atoms with van der Waals surface area (Å²) in [6.07, 6.45) is -0.371. The predicted molar refractivity (Wildman–Crippen MR) is 74.1 cm³/mol. The molecule has 16 heavy (non-hydrogen) atoms. The van der Waals surface area contributed by atoms with Crippen LogP contribution in [0.2, 0.25) is 0 Å². The Morgan fingerprint density at radius 2 is 2.19 bits per heavy atom. The molecule has 1 unspecified atom stereocenters. The van der Waals surface area contributed by atoms with Crippen LogP contribution in [0, 0.1) is 0 Å². The van der Waals surface area contributed by atoms with E-state index in [-0.39, 0.29) is 6.10 Å². The van der Waals surface area contributed by atoms with Crippen molar-refractivity contribution < 1.29 is 5.11 Å². The topological polar surface area (TPSA) is 20.2 Å². The number of aliphatic hydroxyl groups excluding tert-OH is 1. The molecule has 4 heteroatoms. The number of halogens is 1. The van der Waals surface area contributed by atoms with Gasteiger partial charge in [-0.1, -0.05) is 28.1 Å². The van der Waals surface area contributed by atoms with Crippen molar-refractivity contribution in [3.63, 3.8) is 0 Å². The van der Waals surface area contributed by atoms with Gasteiger partial charge in [0.1, 0.15) is 0 Å². The Hall–Kier alpha value is -0.290. The first-order chi connectivity index (χ1) is 7.75. The van der Waals surface area contributed by atoms with Crippen molar-refractivity contribution in [2.45, 2.75) is 11.0 Å². The highest BCUT2D eigenvalue weighted by Crippen LogP contribution is 2.28. The van der Waals surface area contributed by atoms with Crippen molar-refractivity contribution in [2.24, 2.45) is 0 Å². The SMILES string of the molecule is OC(CSc1cccc(Br)c1)c1cccs1. The number of rotatable bonds is 4. The highest BCUT2D eigenvalue weighted by molar-refractivity contribution is 9.10. The van der Waals surface area contributed by atoms with E-state index in [2.05, 4.69) is 28.1 Å². The lowest BCUT2D eigenvalue weighted by atomic mass is 10.3. The summed E-state index contributed by atoms with van der Waals surface area (Å²) >= 11 is 6.70. The van der Waals surface area contributed by atoms with Gasteiger partial charge in [0.15, 0.2) is 0 Å². The van der Waals surface area contributed by atoms with E-state index in [4.69, 9.17) is 0 Å². The van der Waals surface area contributed by atoms with Crippen LogP contribution < -0.4 is 0 Å². The fraction of sp³-hybridized carbons (Fsp3) is 0.167. The van der Waals surface area contributed by atoms with Crippen LogP contribution in [0.3, 0.4) is 0 Å². The molecule has 0 fully saturated rings. The Balaban J connectivity index is 1.92. The molecule has 2 aromatic rings. The average molecular weight is 315 g/mol. The van der Waals surface area contributed by atoms with Gasteiger partial charge < -0.3 is 5.11 Å². The summed E-state index contributed by atoms with van der Waals surface area (Å²) in [4.78, 5) is 2.20. The van der Waals surface area contributed by atoms with Crippen molar-refractivity contribution in [2.75, 3.05) is 5.75 Å². The maximum atomic E-state index is 9.92. The van der Waals surface area contributed by atoms with Gasteiger partial charge in [-0.3, -0.25) is 0 Å². The van der Waals surface area contributed by atoms with Gasteiger partial charge in [0.05, 0.1) is 6.10 Å². The van der Waals surface area contributed by atoms with E-state index in [1.807, 2.05) is 29.6 Å². The van der Waals surface area contributed by atoms with Crippen LogP contribution >= 0.6 is 39.0 Å². The summed E-state index contributed by atoms with van der Waals surface area (Å²) in [5.41, 5.74) is 0. The van der Waals surface area contributed by atoms with E-state index in [0.717, 1.165) is 9.35 Å². The second-order valence-corrected chi connectivity index (χ2v) is 6.29. The maximum absolute atomic E-state index is 9.92. The molecule has 1 heterocycles. The average Bonchev–Trinajstić information content (AvgIpc) is 2.79. The highest BCUT2D eigenvalue weighted by atomic mass is 79.9. The first-order valence-electron chi connectivity index (χ1n) is 4.85. The lowest BCUT2D eigenvalue weighted by Gasteiger charge is -2.08. The van der Waals surface area contributed by atoms with Crippen molar-refractivity contribution >= 4 is 39.0 Å². The third-order valence-corrected chi connectivity index (χ3v) is 4.61. The summed E-state index contributed by atoms with van der Waals surface area (Å²) in [5.74, 6) is 0.691. The summed E-state index contributed by atoms with van der Waals surface area (Å²) in [6, 6.07) is 12.1. The second kappa shape index (κ2) is 5.87. The van der Waals surface area contributed by atoms with Gasteiger partial charge in [0.2, 0.25) is 0 Å². The molecule has 0 amide bonds. The van der Waals surface area contributed by atoms with E-state index >= 15 is 0 Å². The van der Waals surface area contributed by atoms with E-state index in [1.54, 1.807) is 23.1 Å². The third-order valence-electron chi connectivity index (χ3n) is 2.08. The fourth-order valence-electron chi connectivity index (χ4n) is 1.29. The summed E-state index contributed by atoms with van der Waals surface area (Å²) in [5, 5.41) is 11.9. The monoisotopic (exact) mass is 314 g/mol. The zero-order valence-electron chi connectivity index (χ0n) is 8.47. The number of hydrogen-bond acceptors (Lipinski definition) is 3. The minimum absolute atomic E-state index is 0.371. The number of aliphatic hydroxyl groups is 1. The lowest BCUT2D eigenvalue weighted by Crippen LogP contribution is -1.97. The summed E-state index contributed by atoms with van der Waals surface area (Å²) in [6.45, 7) is 0. The molecule has 0 aliphatic carbocycles. The molecule has 0 saturated carbocycles. The molecule has 1 aromatic heterocycles. The van der Waals surface area contributed by atoms with Gasteiger partial charge in [-0.25, -0.2) is 0 Å². The highest BCUT2D eigenvalue weighted by Gasteiger charge is 2.08. The number of hydrogen-bond donors (Lipinski definition) is 1. The van der Waals surface area contributed by atoms with Crippen LogP contribution in [0.1, 0.15) is 11.0 Å². The summed E-state index contributed by atoms with van der Waals surface area (Å²) in [7, 11) is 0. The standard InChI is InChI=1S/C12H11BrOS2/c13-9-3-1-4-10(7-9)16-8-11(14)12-5-2-6-15-12/h1-7,11,14H,8H2. The minimum atomic E-state index is -0.371. The first-order valence-corrected chi connectivity index (χ1v) is 7.51. The fourth-order valence-corrected chi connectivity index (χ4v) is 3.58. The van der Waals surface area contributed by atoms with Gasteiger partial charge in [0, 0.05) is 20.0 Å². The van der Waals surface area contributed by atoms with Crippen LogP contribution in [-0.2, 0) is 0 Å². The summed E-state index contributed by atoms with van der Waals surface area (Å²) < 4.78 is 1.07. The Morgan fingerprint density at radius 3 is 2.88 bits per heavy atom. The molecule has 0 bridgehead atoms. The quantitative estimate of drug-likeness (QED) is 0.847. The van der Waals surface area contributed by atoms with Gasteiger partial charge in [0.25, 0.3) is 0 Å². The Labute approximate surface area is 112 Å². The van der Waals surface area contributed by atoms with Crippen LogP contribution in [0.15, 0.2) is 51.1 Å². The predicted octanol–water partition coefficient (Wildman–Crippen LogP) is 4.34. The molecule has 1 nitrogen and oxygen atoms in total. The second-order valence-electron chi connectivity index (χ2n) is 3.30. The molecule has 0 aliphatic rings. The molecule has 0 radical (unpaired) electrons. The molecular weight excluding hydrogens is 304 g/mol. The van der Waals surface area contributed by atoms with Gasteiger partial charge in [-0.2, -0.15) is 0 Å². The smallest absolute Gasteiger partial charge is 0.0975 e. The molecule has 1 aromatic carbocycles. The lowest BCUT2D eigenvalue weighted by molar-refractivity contribution is 0.208. The van der Waals surface area contributed by atoms with Crippen molar-refractivity contribution in [1.29, 1.82) is 0 Å². The Bertz CT molecular complexity index is 442. The number of thiophene rings is 1. The van der Waals surface area contributed by atoms with Crippen molar-refractivity contribution in [1.82, 2.24) is 0 Å². The van der Waals surface area contributed by atoms with E-state index in [1.165, 1.54) is 4.90 Å². The Kier molecular flexibility index (Phi) is 4.46. The molecule has 1 atom stereocenters. The molecule has 2 rings (SSSR count). The molecule has 84 valence electrons. The largest absolute Gasteiger partial charge is 0.387 e. The van der Waals surface area contributed by atoms with Crippen molar-refractivity contribution in [3.8, 4) is 0 Å². The van der Waals surface area contributed by atoms with E-state index < -0.39 is 0 Å². The molecular formula is C12H11BrOS2. The number of thioether (sulfide) groups is 1. The van der Waals surface area contributed by atoms with Crippen LogP contribution in [0.5, 0.6) is 0 Å². The third kappa shape index (κ3) is 3.35. The van der Waals surface area contributed by atoms with Crippen LogP contribution in [0.25, 0.3) is 0 Å². The van der Waals surface area contributed by atoms with Gasteiger partial charge in [-0.05, 0) is 29.6 Å². The zero-order valence-corrected chi connectivity index (χ0v) is 11.7.